The van der Waals surface area contributed by atoms with Crippen LogP contribution in [0.25, 0.3) is 0 Å². The molecule has 0 aromatic rings. The molecule has 0 atom stereocenters. The second kappa shape index (κ2) is 16.5. The average Bonchev–Trinajstić information content (AvgIpc) is 0.811. The van der Waals surface area contributed by atoms with Crippen LogP contribution in [0, 0.1) is 0 Å². The van der Waals surface area contributed by atoms with Gasteiger partial charge in [0.25, 0.3) is 0 Å². The maximum atomic E-state index is 8.67. The molecule has 3 nitrogen and oxygen atoms in total. The molecule has 7 heteroatoms. The van der Waals surface area contributed by atoms with Gasteiger partial charge in [0.2, 0.25) is 0 Å². The van der Waals surface area contributed by atoms with Crippen molar-refractivity contribution in [2.45, 2.75) is 0 Å². The predicted molar refractivity (Wildman–Crippen MR) is 29.2 cm³/mol. The monoisotopic (exact) mass is 226 g/mol. The van der Waals surface area contributed by atoms with Gasteiger partial charge in [-0.1, -0.05) is 0 Å². The van der Waals surface area contributed by atoms with Gasteiger partial charge >= 0.3 is 140 Å². The van der Waals surface area contributed by atoms with Crippen molar-refractivity contribution in [1.29, 1.82) is 0 Å². The van der Waals surface area contributed by atoms with Crippen molar-refractivity contribution in [1.82, 2.24) is 0 Å². The Bertz CT molecular complexity index is 58.6. The van der Waals surface area contributed by atoms with Gasteiger partial charge in [-0.25, -0.2) is 0 Å². The van der Waals surface area contributed by atoms with Crippen molar-refractivity contribution in [3.05, 3.63) is 0 Å². The Morgan fingerprint density at radius 1 is 1.00 bits per heavy atom. The predicted octanol–water partition coefficient (Wildman–Crippen LogP) is -3.55. The summed E-state index contributed by atoms with van der Waals surface area (Å²) in [6, 6.07) is 0. The van der Waals surface area contributed by atoms with Gasteiger partial charge in [0.15, 0.2) is 0 Å². The van der Waals surface area contributed by atoms with E-state index in [0.717, 1.165) is 0 Å². The topological polar surface area (TPSA) is 54.4 Å². The van der Waals surface area contributed by atoms with Crippen LogP contribution in [0.15, 0.2) is 0 Å². The Hall–Kier alpha value is 3.92. The zero-order valence-electron chi connectivity index (χ0n) is 1.71. The fourth-order valence-corrected chi connectivity index (χ4v) is 0. The molecule has 0 bridgehead atoms. The van der Waals surface area contributed by atoms with Gasteiger partial charge in [0, 0.05) is 0 Å². The Labute approximate surface area is 136 Å². The summed E-state index contributed by atoms with van der Waals surface area (Å²) in [5, 5.41) is 0. The van der Waals surface area contributed by atoms with Crippen LogP contribution in [-0.2, 0) is 22.7 Å². The number of rotatable bonds is 0. The number of hydrogen-bond acceptors (Lipinski definition) is 2. The van der Waals surface area contributed by atoms with Crippen molar-refractivity contribution in [2.24, 2.45) is 0 Å². The second-order valence-electron chi connectivity index (χ2n) is 0.238. The van der Waals surface area contributed by atoms with Crippen LogP contribution in [-0.4, -0.2) is 117 Å². The SMILES string of the molecule is [CaH2].[CaH2].[CaH2].[O]=[V](=[O])[OH]. The van der Waals surface area contributed by atoms with Crippen LogP contribution in [0.5, 0.6) is 0 Å². The molecule has 0 aromatic heterocycles. The normalized spacial score (nSPS) is 3.57. The Balaban J connectivity index is -0.0000000150. The van der Waals surface area contributed by atoms with Gasteiger partial charge in [0.1, 0.15) is 0 Å². The third kappa shape index (κ3) is 40.5. The zero-order valence-corrected chi connectivity index (χ0v) is 3.11. The molecule has 0 fully saturated rings. The van der Waals surface area contributed by atoms with Gasteiger partial charge < -0.3 is 0 Å². The van der Waals surface area contributed by atoms with Crippen molar-refractivity contribution in [2.75, 3.05) is 0 Å². The summed E-state index contributed by atoms with van der Waals surface area (Å²) >= 11 is -3.69. The van der Waals surface area contributed by atoms with Crippen LogP contribution in [0.3, 0.4) is 0 Å². The molecule has 0 spiro atoms. The molecular weight excluding hydrogens is 219 g/mol. The molecule has 0 aliphatic carbocycles. The van der Waals surface area contributed by atoms with E-state index in [1.807, 2.05) is 0 Å². The van der Waals surface area contributed by atoms with Gasteiger partial charge in [-0.15, -0.1) is 0 Å². The first kappa shape index (κ1) is 22.4. The van der Waals surface area contributed by atoms with E-state index in [1.54, 1.807) is 0 Å². The van der Waals surface area contributed by atoms with E-state index in [-0.39, 0.29) is 113 Å². The van der Waals surface area contributed by atoms with E-state index < -0.39 is 15.4 Å². The third-order valence-electron chi connectivity index (χ3n) is 0. The van der Waals surface area contributed by atoms with Crippen molar-refractivity contribution < 1.29 is 26.8 Å². The van der Waals surface area contributed by atoms with Crippen molar-refractivity contribution in [3.63, 3.8) is 0 Å². The molecule has 0 heterocycles. The fourth-order valence-electron chi connectivity index (χ4n) is 0. The molecule has 0 aromatic carbocycles. The fraction of sp³-hybridized carbons (Fsp3) is 0. The van der Waals surface area contributed by atoms with E-state index in [9.17, 15) is 0 Å². The molecule has 0 radical (unpaired) electrons. The van der Waals surface area contributed by atoms with Gasteiger partial charge in [-0.2, -0.15) is 0 Å². The molecule has 0 rings (SSSR count). The average molecular weight is 226 g/mol. The third-order valence-corrected chi connectivity index (χ3v) is 0. The van der Waals surface area contributed by atoms with Gasteiger partial charge in [-0.3, -0.25) is 0 Å². The first-order valence-electron chi connectivity index (χ1n) is 0.565. The van der Waals surface area contributed by atoms with E-state index in [4.69, 9.17) is 11.4 Å². The minimum atomic E-state index is -3.69. The summed E-state index contributed by atoms with van der Waals surface area (Å²) in [4.78, 5) is 0. The van der Waals surface area contributed by atoms with Crippen LogP contribution in [0.4, 0.5) is 0 Å². The number of hydrogen-bond donors (Lipinski definition) is 1. The zero-order chi connectivity index (χ0) is 3.58. The molecular formula is H7Ca3O3V. The second-order valence-corrected chi connectivity index (χ2v) is 0.981. The molecule has 7 heavy (non-hydrogen) atoms. The minimum absolute atomic E-state index is 0. The van der Waals surface area contributed by atoms with E-state index in [1.165, 1.54) is 0 Å². The molecule has 0 aliphatic heterocycles. The van der Waals surface area contributed by atoms with Crippen LogP contribution < -0.4 is 0 Å². The Kier molecular flexibility index (Phi) is 52.8. The summed E-state index contributed by atoms with van der Waals surface area (Å²) in [7, 11) is 0. The van der Waals surface area contributed by atoms with Crippen LogP contribution in [0.2, 0.25) is 0 Å². The van der Waals surface area contributed by atoms with Crippen LogP contribution >= 0.6 is 0 Å². The standard InChI is InChI=1S/3Ca.H2O.2O.V.6H/h;;;1H2;;;;;;;;;/q;;;;;;+1;;;;;;/p-1. The first-order chi connectivity index (χ1) is 1.73. The van der Waals surface area contributed by atoms with E-state index in [0.29, 0.717) is 0 Å². The molecule has 0 unspecified atom stereocenters. The van der Waals surface area contributed by atoms with Gasteiger partial charge in [0.05, 0.1) is 0 Å². The van der Waals surface area contributed by atoms with E-state index >= 15 is 0 Å². The molecule has 0 amide bonds. The summed E-state index contributed by atoms with van der Waals surface area (Å²) < 4.78 is 24.4. The maximum absolute atomic E-state index is 8.67. The van der Waals surface area contributed by atoms with Crippen molar-refractivity contribution in [3.8, 4) is 0 Å². The Morgan fingerprint density at radius 2 is 1.00 bits per heavy atom. The molecule has 0 saturated heterocycles. The molecule has 0 aliphatic rings. The van der Waals surface area contributed by atoms with Crippen molar-refractivity contribution >= 4 is 113 Å². The summed E-state index contributed by atoms with van der Waals surface area (Å²) in [6.07, 6.45) is 0. The summed E-state index contributed by atoms with van der Waals surface area (Å²) in [5.41, 5.74) is 0. The Morgan fingerprint density at radius 3 is 1.00 bits per heavy atom. The molecule has 1 N–H and O–H groups in total. The summed E-state index contributed by atoms with van der Waals surface area (Å²) in [5.74, 6) is 0. The van der Waals surface area contributed by atoms with Gasteiger partial charge in [-0.05, 0) is 0 Å². The summed E-state index contributed by atoms with van der Waals surface area (Å²) in [6.45, 7) is 0. The first-order valence-corrected chi connectivity index (χ1v) is 2.33. The van der Waals surface area contributed by atoms with Crippen LogP contribution in [0.1, 0.15) is 0 Å². The quantitative estimate of drug-likeness (QED) is 0.435. The molecule has 36 valence electrons. The molecule has 0 saturated carbocycles. The van der Waals surface area contributed by atoms with E-state index in [2.05, 4.69) is 0 Å².